The summed E-state index contributed by atoms with van der Waals surface area (Å²) in [5, 5.41) is 1.60. The van der Waals surface area contributed by atoms with Crippen molar-refractivity contribution in [1.29, 1.82) is 0 Å². The maximum Gasteiger partial charge on any atom is 0.192 e. The van der Waals surface area contributed by atoms with Crippen LogP contribution in [0.25, 0.3) is 5.31 Å². The summed E-state index contributed by atoms with van der Waals surface area (Å²) in [6.07, 6.45) is 1.25. The van der Waals surface area contributed by atoms with Crippen molar-refractivity contribution >= 4 is 19.1 Å². The Hall–Kier alpha value is -1.92. The molecule has 29 heavy (non-hydrogen) atoms. The normalized spacial score (nSPS) is 33.3. The molecule has 0 unspecified atom stereocenters. The van der Waals surface area contributed by atoms with Crippen molar-refractivity contribution in [3.8, 4) is 0 Å². The van der Waals surface area contributed by atoms with Crippen LogP contribution in [0.1, 0.15) is 44.7 Å². The van der Waals surface area contributed by atoms with Crippen molar-refractivity contribution in [1.82, 2.24) is 0 Å². The van der Waals surface area contributed by atoms with Gasteiger partial charge in [-0.15, -0.1) is 0 Å². The number of fused-ring (bicyclic) bond motifs is 2. The fourth-order valence-corrected chi connectivity index (χ4v) is 9.72. The van der Waals surface area contributed by atoms with Crippen LogP contribution in [0.15, 0.2) is 71.2 Å². The zero-order valence-electron chi connectivity index (χ0n) is 17.8. The molecule has 2 bridgehead atoms. The Bertz CT molecular complexity index is 965. The van der Waals surface area contributed by atoms with Gasteiger partial charge < -0.3 is 4.74 Å². The Morgan fingerprint density at radius 1 is 1.03 bits per heavy atom. The SMILES string of the molecule is CC1=C(c2ccccc2)[P@]2C[C@@]1(C)[C@H](c1ccccc1)[C@@H]2C1=N[C@@H](C(C)C)CO1. The molecule has 0 amide bonds. The molecule has 0 aromatic heterocycles. The average Bonchev–Trinajstić information content (AvgIpc) is 3.39. The average molecular weight is 404 g/mol. The molecule has 5 rings (SSSR count). The second-order valence-corrected chi connectivity index (χ2v) is 11.6. The molecule has 1 fully saturated rings. The largest absolute Gasteiger partial charge is 0.478 e. The predicted molar refractivity (Wildman–Crippen MR) is 124 cm³/mol. The molecule has 0 radical (unpaired) electrons. The van der Waals surface area contributed by atoms with Crippen molar-refractivity contribution in [2.24, 2.45) is 16.3 Å². The third kappa shape index (κ3) is 2.91. The Kier molecular flexibility index (Phi) is 4.67. The number of nitrogens with zero attached hydrogens (tertiary/aromatic N) is 1. The first-order valence-electron chi connectivity index (χ1n) is 10.8. The second kappa shape index (κ2) is 7.10. The molecule has 3 aliphatic heterocycles. The fourth-order valence-electron chi connectivity index (χ4n) is 5.51. The van der Waals surface area contributed by atoms with E-state index in [0.717, 1.165) is 12.5 Å². The maximum atomic E-state index is 6.32. The van der Waals surface area contributed by atoms with E-state index < -0.39 is 0 Å². The summed E-state index contributed by atoms with van der Waals surface area (Å²) >= 11 is 0. The molecule has 2 aromatic rings. The van der Waals surface area contributed by atoms with Crippen LogP contribution in [-0.4, -0.2) is 30.4 Å². The molecule has 150 valence electrons. The van der Waals surface area contributed by atoms with Crippen LogP contribution in [0, 0.1) is 11.3 Å². The third-order valence-corrected chi connectivity index (χ3v) is 10.6. The van der Waals surface area contributed by atoms with E-state index in [9.17, 15) is 0 Å². The molecule has 3 aliphatic rings. The van der Waals surface area contributed by atoms with Crippen molar-refractivity contribution < 1.29 is 4.74 Å². The van der Waals surface area contributed by atoms with Crippen molar-refractivity contribution in [3.63, 3.8) is 0 Å². The van der Waals surface area contributed by atoms with E-state index in [1.165, 1.54) is 17.3 Å². The number of aliphatic imine (C=N–C) groups is 1. The van der Waals surface area contributed by atoms with Crippen LogP contribution >= 0.6 is 7.92 Å². The van der Waals surface area contributed by atoms with Gasteiger partial charge in [0, 0.05) is 11.3 Å². The van der Waals surface area contributed by atoms with E-state index in [0.29, 0.717) is 23.5 Å². The number of allylic oxidation sites excluding steroid dienone is 1. The summed E-state index contributed by atoms with van der Waals surface area (Å²) < 4.78 is 6.32. The number of rotatable bonds is 4. The van der Waals surface area contributed by atoms with Crippen LogP contribution in [0.5, 0.6) is 0 Å². The van der Waals surface area contributed by atoms with Gasteiger partial charge in [-0.3, -0.25) is 0 Å². The summed E-state index contributed by atoms with van der Waals surface area (Å²) in [7, 11) is -0.348. The van der Waals surface area contributed by atoms with E-state index in [4.69, 9.17) is 9.73 Å². The lowest BCUT2D eigenvalue weighted by molar-refractivity contribution is 0.279. The fraction of sp³-hybridized carbons (Fsp3) is 0.423. The van der Waals surface area contributed by atoms with Gasteiger partial charge >= 0.3 is 0 Å². The minimum absolute atomic E-state index is 0.171. The quantitative estimate of drug-likeness (QED) is 0.531. The van der Waals surface area contributed by atoms with Gasteiger partial charge in [-0.25, -0.2) is 4.99 Å². The topological polar surface area (TPSA) is 21.6 Å². The maximum absolute atomic E-state index is 6.32. The molecule has 2 aromatic carbocycles. The van der Waals surface area contributed by atoms with Gasteiger partial charge in [0.1, 0.15) is 6.61 Å². The summed E-state index contributed by atoms with van der Waals surface area (Å²) in [5.74, 6) is 2.01. The van der Waals surface area contributed by atoms with Crippen LogP contribution in [0.2, 0.25) is 0 Å². The predicted octanol–water partition coefficient (Wildman–Crippen LogP) is 6.54. The van der Waals surface area contributed by atoms with Crippen LogP contribution in [0.4, 0.5) is 0 Å². The molecular weight excluding hydrogens is 373 g/mol. The smallest absolute Gasteiger partial charge is 0.192 e. The van der Waals surface area contributed by atoms with E-state index >= 15 is 0 Å². The molecule has 0 saturated carbocycles. The third-order valence-electron chi connectivity index (χ3n) is 7.26. The van der Waals surface area contributed by atoms with E-state index in [1.807, 2.05) is 0 Å². The summed E-state index contributed by atoms with van der Waals surface area (Å²) in [4.78, 5) is 5.14. The summed E-state index contributed by atoms with van der Waals surface area (Å²) in [6, 6.07) is 22.4. The van der Waals surface area contributed by atoms with Gasteiger partial charge in [0.25, 0.3) is 0 Å². The van der Waals surface area contributed by atoms with Gasteiger partial charge in [0.2, 0.25) is 0 Å². The Balaban J connectivity index is 1.65. The van der Waals surface area contributed by atoms with E-state index in [-0.39, 0.29) is 13.3 Å². The standard InChI is InChI=1S/C26H30NOP/c1-17(2)21-15-28-25(27-21)24-22(19-11-7-5-8-12-19)26(4)16-29(24)23(18(26)3)20-13-9-6-10-14-20/h5-14,17,21-22,24H,15-16H2,1-4H3/t21-,22-,24-,26-,29+/m1/s1. The highest BCUT2D eigenvalue weighted by Crippen LogP contribution is 2.78. The van der Waals surface area contributed by atoms with Crippen molar-refractivity contribution in [3.05, 3.63) is 77.4 Å². The Labute approximate surface area is 175 Å². The van der Waals surface area contributed by atoms with Gasteiger partial charge in [0.15, 0.2) is 5.90 Å². The van der Waals surface area contributed by atoms with Gasteiger partial charge in [-0.1, -0.05) is 94.9 Å². The number of ether oxygens (including phenoxy) is 1. The van der Waals surface area contributed by atoms with Crippen molar-refractivity contribution in [2.45, 2.75) is 45.3 Å². The number of hydrogen-bond acceptors (Lipinski definition) is 2. The molecule has 3 heteroatoms. The summed E-state index contributed by atoms with van der Waals surface area (Å²) in [5.41, 5.74) is 4.98. The van der Waals surface area contributed by atoms with Crippen LogP contribution in [0.3, 0.4) is 0 Å². The van der Waals surface area contributed by atoms with Crippen LogP contribution < -0.4 is 0 Å². The lowest BCUT2D eigenvalue weighted by Crippen LogP contribution is -2.34. The molecular formula is C26H30NOP. The zero-order chi connectivity index (χ0) is 20.2. The van der Waals surface area contributed by atoms with Crippen molar-refractivity contribution in [2.75, 3.05) is 12.8 Å². The lowest BCUT2D eigenvalue weighted by Gasteiger charge is -2.39. The first kappa shape index (κ1) is 19.1. The van der Waals surface area contributed by atoms with Gasteiger partial charge in [-0.2, -0.15) is 0 Å². The Morgan fingerprint density at radius 2 is 1.69 bits per heavy atom. The molecule has 0 spiro atoms. The highest BCUT2D eigenvalue weighted by molar-refractivity contribution is 7.71. The molecule has 2 nitrogen and oxygen atoms in total. The minimum atomic E-state index is -0.348. The van der Waals surface area contributed by atoms with Crippen LogP contribution in [-0.2, 0) is 4.74 Å². The Morgan fingerprint density at radius 3 is 2.31 bits per heavy atom. The molecule has 3 heterocycles. The monoisotopic (exact) mass is 403 g/mol. The number of hydrogen-bond donors (Lipinski definition) is 0. The van der Waals surface area contributed by atoms with Gasteiger partial charge in [0.05, 0.1) is 11.7 Å². The van der Waals surface area contributed by atoms with E-state index in [2.05, 4.69) is 88.4 Å². The summed E-state index contributed by atoms with van der Waals surface area (Å²) in [6.45, 7) is 10.1. The zero-order valence-corrected chi connectivity index (χ0v) is 18.7. The highest BCUT2D eigenvalue weighted by Gasteiger charge is 2.61. The first-order chi connectivity index (χ1) is 14.0. The highest BCUT2D eigenvalue weighted by atomic mass is 31.1. The van der Waals surface area contributed by atoms with Gasteiger partial charge in [-0.05, 0) is 35.4 Å². The molecule has 1 saturated heterocycles. The minimum Gasteiger partial charge on any atom is -0.478 e. The molecule has 0 N–H and O–H groups in total. The lowest BCUT2D eigenvalue weighted by atomic mass is 9.68. The first-order valence-corrected chi connectivity index (χ1v) is 12.4. The molecule has 5 atom stereocenters. The van der Waals surface area contributed by atoms with E-state index in [1.54, 1.807) is 10.9 Å². The number of benzene rings is 2. The second-order valence-electron chi connectivity index (χ2n) is 9.31. The molecule has 0 aliphatic carbocycles.